The van der Waals surface area contributed by atoms with Gasteiger partial charge in [0.15, 0.2) is 10.4 Å². The Hall–Kier alpha value is -2.28. The van der Waals surface area contributed by atoms with E-state index in [2.05, 4.69) is 21.2 Å². The van der Waals surface area contributed by atoms with Crippen LogP contribution in [0.5, 0.6) is 5.75 Å². The van der Waals surface area contributed by atoms with E-state index in [0.717, 1.165) is 18.6 Å². The number of furan rings is 1. The van der Waals surface area contributed by atoms with Crippen molar-refractivity contribution in [3.05, 3.63) is 52.4 Å². The molecule has 7 heteroatoms. The van der Waals surface area contributed by atoms with E-state index in [1.807, 2.05) is 31.2 Å². The lowest BCUT2D eigenvalue weighted by Gasteiger charge is -2.31. The smallest absolute Gasteiger partial charge is 0.289 e. The Morgan fingerprint density at radius 2 is 1.89 bits per heavy atom. The van der Waals surface area contributed by atoms with Gasteiger partial charge >= 0.3 is 0 Å². The van der Waals surface area contributed by atoms with Crippen LogP contribution in [0, 0.1) is 6.92 Å². The third kappa shape index (κ3) is 5.86. The minimum atomic E-state index is -0.108. The van der Waals surface area contributed by atoms with Gasteiger partial charge in [-0.1, -0.05) is 17.7 Å². The summed E-state index contributed by atoms with van der Waals surface area (Å²) in [5.41, 5.74) is 1.19. The Labute approximate surface area is 173 Å². The fourth-order valence-electron chi connectivity index (χ4n) is 3.17. The van der Waals surface area contributed by atoms with Crippen molar-refractivity contribution >= 4 is 27.7 Å². The van der Waals surface area contributed by atoms with Crippen LogP contribution in [0.4, 0.5) is 0 Å². The molecule has 1 aromatic heterocycles. The molecule has 0 aliphatic carbocycles. The van der Waals surface area contributed by atoms with E-state index in [1.165, 1.54) is 5.56 Å². The van der Waals surface area contributed by atoms with Crippen LogP contribution in [0.15, 0.2) is 45.5 Å². The highest BCUT2D eigenvalue weighted by molar-refractivity contribution is 9.10. The van der Waals surface area contributed by atoms with E-state index in [9.17, 15) is 9.59 Å². The number of amides is 2. The highest BCUT2D eigenvalue weighted by atomic mass is 79.9. The molecule has 0 spiro atoms. The predicted molar refractivity (Wildman–Crippen MR) is 109 cm³/mol. The molecule has 0 unspecified atom stereocenters. The third-order valence-corrected chi connectivity index (χ3v) is 5.20. The van der Waals surface area contributed by atoms with Gasteiger partial charge in [0.25, 0.3) is 5.91 Å². The van der Waals surface area contributed by atoms with Crippen LogP contribution in [0.3, 0.4) is 0 Å². The first-order chi connectivity index (χ1) is 13.5. The van der Waals surface area contributed by atoms with Gasteiger partial charge in [0.05, 0.1) is 6.61 Å². The van der Waals surface area contributed by atoms with Crippen molar-refractivity contribution in [3.8, 4) is 5.75 Å². The molecular weight excluding hydrogens is 424 g/mol. The molecule has 1 aliphatic rings. The molecular formula is C21H25BrN2O4. The second kappa shape index (κ2) is 9.78. The molecule has 6 nitrogen and oxygen atoms in total. The zero-order chi connectivity index (χ0) is 19.9. The number of nitrogens with one attached hydrogen (secondary N) is 1. The van der Waals surface area contributed by atoms with Gasteiger partial charge in [-0.05, 0) is 66.4 Å². The van der Waals surface area contributed by atoms with Crippen molar-refractivity contribution in [2.75, 3.05) is 19.7 Å². The second-order valence-electron chi connectivity index (χ2n) is 7.00. The molecule has 0 atom stereocenters. The molecule has 2 amide bonds. The maximum Gasteiger partial charge on any atom is 0.289 e. The van der Waals surface area contributed by atoms with Crippen LogP contribution < -0.4 is 10.1 Å². The largest absolute Gasteiger partial charge is 0.494 e. The number of hydrogen-bond acceptors (Lipinski definition) is 4. The monoisotopic (exact) mass is 448 g/mol. The summed E-state index contributed by atoms with van der Waals surface area (Å²) in [7, 11) is 0. The van der Waals surface area contributed by atoms with Crippen molar-refractivity contribution in [1.82, 2.24) is 10.2 Å². The van der Waals surface area contributed by atoms with Crippen LogP contribution in [0.2, 0.25) is 0 Å². The highest BCUT2D eigenvalue weighted by Gasteiger charge is 2.26. The first-order valence-electron chi connectivity index (χ1n) is 9.55. The molecule has 3 rings (SSSR count). The number of ether oxygens (including phenoxy) is 1. The van der Waals surface area contributed by atoms with Crippen molar-refractivity contribution in [2.24, 2.45) is 0 Å². The number of halogens is 1. The first kappa shape index (κ1) is 20.5. The predicted octanol–water partition coefficient (Wildman–Crippen LogP) is 3.93. The van der Waals surface area contributed by atoms with Gasteiger partial charge in [-0.15, -0.1) is 0 Å². The fraction of sp³-hybridized carbons (Fsp3) is 0.429. The van der Waals surface area contributed by atoms with Gasteiger partial charge in [0, 0.05) is 25.6 Å². The van der Waals surface area contributed by atoms with E-state index < -0.39 is 0 Å². The minimum Gasteiger partial charge on any atom is -0.494 e. The summed E-state index contributed by atoms with van der Waals surface area (Å²) in [5.74, 6) is 1.09. The van der Waals surface area contributed by atoms with Crippen LogP contribution in [0.1, 0.15) is 41.8 Å². The summed E-state index contributed by atoms with van der Waals surface area (Å²) in [6.45, 7) is 3.77. The number of likely N-dealkylation sites (tertiary alicyclic amines) is 1. The lowest BCUT2D eigenvalue weighted by Crippen LogP contribution is -2.46. The van der Waals surface area contributed by atoms with Crippen molar-refractivity contribution in [1.29, 1.82) is 0 Å². The molecule has 28 heavy (non-hydrogen) atoms. The maximum absolute atomic E-state index is 12.4. The molecule has 1 fully saturated rings. The van der Waals surface area contributed by atoms with E-state index in [4.69, 9.17) is 9.15 Å². The lowest BCUT2D eigenvalue weighted by molar-refractivity contribution is -0.122. The Morgan fingerprint density at radius 3 is 2.54 bits per heavy atom. The molecule has 2 aromatic rings. The standard InChI is InChI=1S/C21H25BrN2O4/c1-15-4-6-17(7-5-15)27-14-2-3-20(25)23-16-10-12-24(13-11-16)21(26)18-8-9-19(22)28-18/h4-9,16H,2-3,10-14H2,1H3,(H,23,25). The first-order valence-corrected chi connectivity index (χ1v) is 10.3. The van der Waals surface area contributed by atoms with Gasteiger partial charge in [0.2, 0.25) is 5.91 Å². The van der Waals surface area contributed by atoms with E-state index in [1.54, 1.807) is 17.0 Å². The van der Waals surface area contributed by atoms with Gasteiger partial charge < -0.3 is 19.4 Å². The van der Waals surface area contributed by atoms with Crippen molar-refractivity contribution in [2.45, 2.75) is 38.6 Å². The molecule has 1 saturated heterocycles. The van der Waals surface area contributed by atoms with Crippen LogP contribution in [0.25, 0.3) is 0 Å². The van der Waals surface area contributed by atoms with Crippen LogP contribution >= 0.6 is 15.9 Å². The van der Waals surface area contributed by atoms with E-state index in [0.29, 0.717) is 43.0 Å². The number of benzene rings is 1. The number of carbonyl (C=O) groups is 2. The molecule has 0 saturated carbocycles. The average Bonchev–Trinajstić information content (AvgIpc) is 3.13. The summed E-state index contributed by atoms with van der Waals surface area (Å²) in [5, 5.41) is 3.06. The Balaban J connectivity index is 1.32. The molecule has 1 aromatic carbocycles. The molecule has 150 valence electrons. The molecule has 1 aliphatic heterocycles. The topological polar surface area (TPSA) is 71.8 Å². The maximum atomic E-state index is 12.4. The summed E-state index contributed by atoms with van der Waals surface area (Å²) in [6, 6.07) is 11.4. The zero-order valence-corrected chi connectivity index (χ0v) is 17.5. The van der Waals surface area contributed by atoms with Gasteiger partial charge in [-0.25, -0.2) is 0 Å². The normalized spacial score (nSPS) is 14.7. The van der Waals surface area contributed by atoms with Crippen LogP contribution in [-0.4, -0.2) is 42.5 Å². The summed E-state index contributed by atoms with van der Waals surface area (Å²) in [6.07, 6.45) is 2.61. The Morgan fingerprint density at radius 1 is 1.18 bits per heavy atom. The lowest BCUT2D eigenvalue weighted by atomic mass is 10.0. The minimum absolute atomic E-state index is 0.0345. The van der Waals surface area contributed by atoms with Crippen molar-refractivity contribution < 1.29 is 18.7 Å². The van der Waals surface area contributed by atoms with E-state index >= 15 is 0 Å². The number of piperidine rings is 1. The molecule has 0 bridgehead atoms. The number of rotatable bonds is 7. The Bertz CT molecular complexity index is 795. The SMILES string of the molecule is Cc1ccc(OCCCC(=O)NC2CCN(C(=O)c3ccc(Br)o3)CC2)cc1. The fourth-order valence-corrected chi connectivity index (χ4v) is 3.48. The molecule has 1 N–H and O–H groups in total. The number of aryl methyl sites for hydroxylation is 1. The summed E-state index contributed by atoms with van der Waals surface area (Å²) >= 11 is 3.21. The highest BCUT2D eigenvalue weighted by Crippen LogP contribution is 2.19. The number of carbonyl (C=O) groups excluding carboxylic acids is 2. The Kier molecular flexibility index (Phi) is 7.14. The summed E-state index contributed by atoms with van der Waals surface area (Å²) < 4.78 is 11.5. The quantitative estimate of drug-likeness (QED) is 0.651. The van der Waals surface area contributed by atoms with Gasteiger partial charge in [0.1, 0.15) is 5.75 Å². The molecule has 2 heterocycles. The van der Waals surface area contributed by atoms with E-state index in [-0.39, 0.29) is 17.9 Å². The van der Waals surface area contributed by atoms with Gasteiger partial charge in [-0.3, -0.25) is 9.59 Å². The van der Waals surface area contributed by atoms with Crippen molar-refractivity contribution in [3.63, 3.8) is 0 Å². The van der Waals surface area contributed by atoms with Crippen LogP contribution in [-0.2, 0) is 4.79 Å². The molecule has 0 radical (unpaired) electrons. The zero-order valence-electron chi connectivity index (χ0n) is 15.9. The number of hydrogen-bond donors (Lipinski definition) is 1. The number of nitrogens with zero attached hydrogens (tertiary/aromatic N) is 1. The average molecular weight is 449 g/mol. The third-order valence-electron chi connectivity index (χ3n) is 4.77. The summed E-state index contributed by atoms with van der Waals surface area (Å²) in [4.78, 5) is 26.3. The van der Waals surface area contributed by atoms with Gasteiger partial charge in [-0.2, -0.15) is 0 Å². The second-order valence-corrected chi connectivity index (χ2v) is 7.78.